The Kier molecular flexibility index (Phi) is 13.8. The molecule has 5 rings (SSSR count). The number of fused-ring (bicyclic) bond motifs is 4. The highest BCUT2D eigenvalue weighted by Crippen LogP contribution is 2.27. The van der Waals surface area contributed by atoms with E-state index >= 15 is 0 Å². The summed E-state index contributed by atoms with van der Waals surface area (Å²) in [4.78, 5) is 68.1. The molecule has 5 N–H and O–H groups in total. The van der Waals surface area contributed by atoms with Crippen molar-refractivity contribution in [3.8, 4) is 0 Å². The zero-order valence-electron chi connectivity index (χ0n) is 27.3. The average Bonchev–Trinajstić information content (AvgIpc) is 3.86. The molecule has 1 aliphatic heterocycles. The van der Waals surface area contributed by atoms with Crippen molar-refractivity contribution in [3.05, 3.63) is 85.9 Å². The van der Waals surface area contributed by atoms with Gasteiger partial charge in [-0.2, -0.15) is 0 Å². The summed E-state index contributed by atoms with van der Waals surface area (Å²) in [6.45, 7) is 5.08. The summed E-state index contributed by atoms with van der Waals surface area (Å²) in [5.41, 5.74) is 7.23. The molecule has 1 aromatic carbocycles. The molecule has 1 aliphatic rings. The summed E-state index contributed by atoms with van der Waals surface area (Å²) >= 11 is 2.62. The normalized spacial score (nSPS) is 18.1. The third-order valence-electron chi connectivity index (χ3n) is 7.69. The molecule has 4 aromatic rings. The van der Waals surface area contributed by atoms with Crippen LogP contribution in [-0.4, -0.2) is 63.1 Å². The number of carbonyl (C=O) groups excluding carboxylic acids is 4. The summed E-state index contributed by atoms with van der Waals surface area (Å²) in [6, 6.07) is 8.85. The van der Waals surface area contributed by atoms with Gasteiger partial charge in [0.15, 0.2) is 5.69 Å². The first kappa shape index (κ1) is 37.6. The van der Waals surface area contributed by atoms with Crippen molar-refractivity contribution < 1.29 is 23.6 Å². The molecule has 0 spiro atoms. The molecule has 4 heterocycles. The van der Waals surface area contributed by atoms with E-state index in [1.54, 1.807) is 15.7 Å². The van der Waals surface area contributed by atoms with E-state index in [0.29, 0.717) is 48.8 Å². The molecule has 16 heteroatoms. The number of nitrogens with two attached hydrogens (primary N) is 1. The third kappa shape index (κ3) is 10.4. The minimum atomic E-state index is -0.507. The predicted octanol–water partition coefficient (Wildman–Crippen LogP) is 4.44. The molecule has 49 heavy (non-hydrogen) atoms. The molecular weight excluding hydrogens is 688 g/mol. The Bertz CT molecular complexity index is 1710. The van der Waals surface area contributed by atoms with Crippen LogP contribution in [0.3, 0.4) is 0 Å². The Morgan fingerprint density at radius 2 is 1.63 bits per heavy atom. The van der Waals surface area contributed by atoms with E-state index < -0.39 is 6.04 Å². The van der Waals surface area contributed by atoms with Gasteiger partial charge in [0.2, 0.25) is 11.8 Å². The Hall–Kier alpha value is -4.18. The average molecular weight is 729 g/mol. The van der Waals surface area contributed by atoms with Crippen LogP contribution >= 0.6 is 35.1 Å². The van der Waals surface area contributed by atoms with Crippen LogP contribution < -0.4 is 21.7 Å². The van der Waals surface area contributed by atoms with Gasteiger partial charge in [-0.15, -0.1) is 35.1 Å². The van der Waals surface area contributed by atoms with E-state index in [-0.39, 0.29) is 90.5 Å². The van der Waals surface area contributed by atoms with Gasteiger partial charge in [0.05, 0.1) is 18.6 Å². The second-order valence-corrected chi connectivity index (χ2v) is 13.7. The van der Waals surface area contributed by atoms with Gasteiger partial charge in [0.1, 0.15) is 27.7 Å². The van der Waals surface area contributed by atoms with Gasteiger partial charge < -0.3 is 31.0 Å². The lowest BCUT2D eigenvalue weighted by atomic mass is 10.0. The van der Waals surface area contributed by atoms with E-state index in [1.165, 1.54) is 28.9 Å². The highest BCUT2D eigenvalue weighted by Gasteiger charge is 2.26. The lowest BCUT2D eigenvalue weighted by Crippen LogP contribution is -2.36. The summed E-state index contributed by atoms with van der Waals surface area (Å²) in [5.74, 6) is -0.738. The molecule has 4 amide bonds. The highest BCUT2D eigenvalue weighted by atomic mass is 35.5. The number of carbonyl (C=O) groups is 4. The minimum absolute atomic E-state index is 0. The fraction of sp³-hybridized carbons (Fsp3) is 0.424. The van der Waals surface area contributed by atoms with Crippen LogP contribution in [0.5, 0.6) is 0 Å². The lowest BCUT2D eigenvalue weighted by Gasteiger charge is -2.22. The smallest absolute Gasteiger partial charge is 0.275 e. The van der Waals surface area contributed by atoms with E-state index in [0.717, 1.165) is 5.56 Å². The summed E-state index contributed by atoms with van der Waals surface area (Å²) in [6.07, 6.45) is 3.41. The first-order valence-corrected chi connectivity index (χ1v) is 17.7. The first-order valence-electron chi connectivity index (χ1n) is 16.0. The number of aromatic nitrogens is 3. The predicted molar refractivity (Wildman–Crippen MR) is 189 cm³/mol. The number of oxazole rings is 1. The van der Waals surface area contributed by atoms with Crippen molar-refractivity contribution in [1.82, 2.24) is 35.8 Å². The summed E-state index contributed by atoms with van der Waals surface area (Å²) < 4.78 is 5.27. The van der Waals surface area contributed by atoms with Crippen molar-refractivity contribution in [1.29, 1.82) is 0 Å². The number of rotatable bonds is 6. The molecular formula is C33H41ClN8O5S2. The largest absolute Gasteiger partial charge is 0.447 e. The molecule has 1 unspecified atom stereocenters. The van der Waals surface area contributed by atoms with Crippen LogP contribution in [-0.2, 0) is 17.8 Å². The molecule has 2 atom stereocenters. The van der Waals surface area contributed by atoms with Crippen LogP contribution in [0.4, 0.5) is 0 Å². The van der Waals surface area contributed by atoms with E-state index in [9.17, 15) is 19.2 Å². The molecule has 0 aliphatic carbocycles. The molecule has 4 bridgehead atoms. The zero-order valence-corrected chi connectivity index (χ0v) is 29.8. The van der Waals surface area contributed by atoms with Crippen LogP contribution in [0.2, 0.25) is 0 Å². The number of halogens is 1. The van der Waals surface area contributed by atoms with Crippen molar-refractivity contribution in [2.24, 2.45) is 11.7 Å². The van der Waals surface area contributed by atoms with Gasteiger partial charge in [-0.1, -0.05) is 44.2 Å². The van der Waals surface area contributed by atoms with Gasteiger partial charge in [-0.05, 0) is 37.2 Å². The molecule has 13 nitrogen and oxygen atoms in total. The van der Waals surface area contributed by atoms with Crippen molar-refractivity contribution >= 4 is 58.7 Å². The lowest BCUT2D eigenvalue weighted by molar-refractivity contribution is -0.122. The standard InChI is InChI=1S/C33H40N8O5S2.ClH/c1-20(2)14-22-31-40-26(19-48-31)30(44)38-23(15-21-8-4-3-5-9-21)32-39-25(18-47-32)29(43)35-11-7-13-41(12-6-10-27(42)36-22)33(45)24-17-46-28(16-34)37-24;/h3-5,8-9,17-20,22-23H,6-7,10-16,34H2,1-2H3,(H,35,43)(H,36,42)(H,38,44);1H/t22?,23-;/m0./s1. The maximum atomic E-state index is 13.5. The maximum absolute atomic E-state index is 13.5. The van der Waals surface area contributed by atoms with Crippen LogP contribution in [0, 0.1) is 5.92 Å². The van der Waals surface area contributed by atoms with Gasteiger partial charge in [0.25, 0.3) is 17.7 Å². The summed E-state index contributed by atoms with van der Waals surface area (Å²) in [7, 11) is 0. The van der Waals surface area contributed by atoms with Crippen molar-refractivity contribution in [2.75, 3.05) is 19.6 Å². The molecule has 3 aromatic heterocycles. The van der Waals surface area contributed by atoms with Gasteiger partial charge in [-0.25, -0.2) is 15.0 Å². The number of hydrogen-bond acceptors (Lipinski definition) is 11. The van der Waals surface area contributed by atoms with Crippen LogP contribution in [0.1, 0.15) is 105 Å². The van der Waals surface area contributed by atoms with E-state index in [1.807, 2.05) is 30.3 Å². The van der Waals surface area contributed by atoms with Crippen LogP contribution in [0.15, 0.2) is 51.8 Å². The topological polar surface area (TPSA) is 185 Å². The number of benzene rings is 1. The molecule has 0 saturated carbocycles. The number of thiazole rings is 2. The first-order chi connectivity index (χ1) is 23.2. The van der Waals surface area contributed by atoms with E-state index in [2.05, 4.69) is 44.7 Å². The van der Waals surface area contributed by atoms with Crippen LogP contribution in [0.25, 0.3) is 0 Å². The van der Waals surface area contributed by atoms with Gasteiger partial charge in [-0.3, -0.25) is 19.2 Å². The van der Waals surface area contributed by atoms with Crippen molar-refractivity contribution in [3.63, 3.8) is 0 Å². The fourth-order valence-corrected chi connectivity index (χ4v) is 7.03. The van der Waals surface area contributed by atoms with Gasteiger partial charge in [0, 0.05) is 36.8 Å². The SMILES string of the molecule is CC(C)CC1NC(=O)CCCN(C(=O)c2coc(CN)n2)CCCNC(=O)c2csc(n2)[C@H](Cc2ccccc2)NC(=O)c2csc1n2.Cl. The van der Waals surface area contributed by atoms with Crippen molar-refractivity contribution in [2.45, 2.75) is 64.6 Å². The monoisotopic (exact) mass is 728 g/mol. The highest BCUT2D eigenvalue weighted by molar-refractivity contribution is 7.10. The Morgan fingerprint density at radius 1 is 0.959 bits per heavy atom. The third-order valence-corrected chi connectivity index (χ3v) is 9.61. The molecule has 262 valence electrons. The number of hydrogen-bond donors (Lipinski definition) is 4. The fourth-order valence-electron chi connectivity index (χ4n) is 5.32. The Labute approximate surface area is 298 Å². The number of nitrogens with zero attached hydrogens (tertiary/aromatic N) is 4. The second-order valence-electron chi connectivity index (χ2n) is 11.9. The summed E-state index contributed by atoms with van der Waals surface area (Å²) in [5, 5.41) is 13.7. The zero-order chi connectivity index (χ0) is 34.0. The molecule has 0 saturated heterocycles. The van der Waals surface area contributed by atoms with E-state index in [4.69, 9.17) is 10.2 Å². The Morgan fingerprint density at radius 3 is 2.31 bits per heavy atom. The minimum Gasteiger partial charge on any atom is -0.447 e. The molecule has 0 radical (unpaired) electrons. The second kappa shape index (κ2) is 18.0. The Balaban J connectivity index is 0.00000541. The number of amides is 4. The molecule has 0 fully saturated rings. The number of nitrogens with one attached hydrogen (secondary N) is 3. The maximum Gasteiger partial charge on any atom is 0.275 e. The quantitative estimate of drug-likeness (QED) is 0.223. The van der Waals surface area contributed by atoms with Gasteiger partial charge >= 0.3 is 0 Å².